The van der Waals surface area contributed by atoms with E-state index < -0.39 is 12.0 Å². The van der Waals surface area contributed by atoms with E-state index in [9.17, 15) is 4.79 Å². The standard InChI is InChI=1S/C13H13N3O2/c1-9(12(17)18)16-13-14-7-11(8-15-13)10-5-3-2-4-6-10/h2-9H,1H3,(H,17,18)(H,14,15,16). The van der Waals surface area contributed by atoms with Gasteiger partial charge in [-0.05, 0) is 12.5 Å². The average molecular weight is 243 g/mol. The zero-order valence-corrected chi connectivity index (χ0v) is 9.87. The summed E-state index contributed by atoms with van der Waals surface area (Å²) in [6, 6.07) is 9.03. The molecule has 0 saturated heterocycles. The molecule has 0 aliphatic rings. The lowest BCUT2D eigenvalue weighted by molar-refractivity contribution is -0.137. The SMILES string of the molecule is CC(Nc1ncc(-c2ccccc2)cn1)C(=O)O. The minimum atomic E-state index is -0.939. The van der Waals surface area contributed by atoms with E-state index in [4.69, 9.17) is 5.11 Å². The van der Waals surface area contributed by atoms with Gasteiger partial charge in [0, 0.05) is 18.0 Å². The van der Waals surface area contributed by atoms with E-state index in [0.717, 1.165) is 11.1 Å². The van der Waals surface area contributed by atoms with Crippen molar-refractivity contribution < 1.29 is 9.90 Å². The molecule has 1 aromatic carbocycles. The number of rotatable bonds is 4. The number of carbonyl (C=O) groups is 1. The summed E-state index contributed by atoms with van der Waals surface area (Å²) in [6.07, 6.45) is 3.33. The van der Waals surface area contributed by atoms with Gasteiger partial charge in [-0.1, -0.05) is 30.3 Å². The third kappa shape index (κ3) is 2.82. The monoisotopic (exact) mass is 243 g/mol. The highest BCUT2D eigenvalue weighted by atomic mass is 16.4. The Balaban J connectivity index is 2.13. The first-order chi connectivity index (χ1) is 8.66. The number of hydrogen-bond acceptors (Lipinski definition) is 4. The molecule has 2 N–H and O–H groups in total. The van der Waals surface area contributed by atoms with Crippen LogP contribution in [0.3, 0.4) is 0 Å². The molecule has 0 saturated carbocycles. The maximum atomic E-state index is 10.7. The van der Waals surface area contributed by atoms with Crippen LogP contribution in [0.25, 0.3) is 11.1 Å². The van der Waals surface area contributed by atoms with Gasteiger partial charge in [0.25, 0.3) is 0 Å². The van der Waals surface area contributed by atoms with E-state index >= 15 is 0 Å². The number of benzene rings is 1. The number of aromatic nitrogens is 2. The Kier molecular flexibility index (Phi) is 3.52. The average Bonchev–Trinajstić information content (AvgIpc) is 2.40. The van der Waals surface area contributed by atoms with Gasteiger partial charge in [-0.25, -0.2) is 9.97 Å². The Morgan fingerprint density at radius 1 is 1.17 bits per heavy atom. The van der Waals surface area contributed by atoms with Crippen molar-refractivity contribution in [2.45, 2.75) is 13.0 Å². The third-order valence-electron chi connectivity index (χ3n) is 2.47. The summed E-state index contributed by atoms with van der Waals surface area (Å²) in [5.41, 5.74) is 1.92. The van der Waals surface area contributed by atoms with E-state index in [0.29, 0.717) is 5.95 Å². The highest BCUT2D eigenvalue weighted by molar-refractivity contribution is 5.76. The first-order valence-corrected chi connectivity index (χ1v) is 5.53. The topological polar surface area (TPSA) is 75.1 Å². The van der Waals surface area contributed by atoms with Crippen LogP contribution in [0, 0.1) is 0 Å². The molecule has 2 rings (SSSR count). The number of anilines is 1. The number of aliphatic carboxylic acids is 1. The number of carboxylic acid groups (broad SMARTS) is 1. The molecule has 0 bridgehead atoms. The van der Waals surface area contributed by atoms with E-state index in [1.54, 1.807) is 12.4 Å². The second kappa shape index (κ2) is 5.27. The lowest BCUT2D eigenvalue weighted by Crippen LogP contribution is -2.26. The molecule has 0 fully saturated rings. The van der Waals surface area contributed by atoms with Gasteiger partial charge in [-0.15, -0.1) is 0 Å². The van der Waals surface area contributed by atoms with Gasteiger partial charge in [0.05, 0.1) is 0 Å². The molecule has 0 aliphatic heterocycles. The molecule has 5 nitrogen and oxygen atoms in total. The van der Waals surface area contributed by atoms with Crippen LogP contribution in [-0.4, -0.2) is 27.1 Å². The van der Waals surface area contributed by atoms with Crippen LogP contribution >= 0.6 is 0 Å². The number of nitrogens with one attached hydrogen (secondary N) is 1. The van der Waals surface area contributed by atoms with Crippen molar-refractivity contribution in [3.05, 3.63) is 42.7 Å². The number of carboxylic acids is 1. The lowest BCUT2D eigenvalue weighted by Gasteiger charge is -2.09. The fourth-order valence-corrected chi connectivity index (χ4v) is 1.44. The molecule has 1 aromatic heterocycles. The zero-order chi connectivity index (χ0) is 13.0. The summed E-state index contributed by atoms with van der Waals surface area (Å²) in [6.45, 7) is 1.54. The van der Waals surface area contributed by atoms with Crippen molar-refractivity contribution in [3.8, 4) is 11.1 Å². The summed E-state index contributed by atoms with van der Waals surface area (Å²) < 4.78 is 0. The molecule has 2 aromatic rings. The van der Waals surface area contributed by atoms with Crippen LogP contribution in [0.4, 0.5) is 5.95 Å². The fourth-order valence-electron chi connectivity index (χ4n) is 1.44. The summed E-state index contributed by atoms with van der Waals surface area (Å²) in [5.74, 6) is -0.629. The van der Waals surface area contributed by atoms with Crippen LogP contribution in [0.2, 0.25) is 0 Å². The van der Waals surface area contributed by atoms with Gasteiger partial charge < -0.3 is 10.4 Å². The molecule has 18 heavy (non-hydrogen) atoms. The van der Waals surface area contributed by atoms with Crippen molar-refractivity contribution in [3.63, 3.8) is 0 Å². The van der Waals surface area contributed by atoms with E-state index in [1.807, 2.05) is 30.3 Å². The van der Waals surface area contributed by atoms with Crippen LogP contribution in [-0.2, 0) is 4.79 Å². The first-order valence-electron chi connectivity index (χ1n) is 5.53. The Labute approximate surface area is 105 Å². The highest BCUT2D eigenvalue weighted by Crippen LogP contribution is 2.17. The van der Waals surface area contributed by atoms with E-state index in [2.05, 4.69) is 15.3 Å². The van der Waals surface area contributed by atoms with Crippen LogP contribution in [0.15, 0.2) is 42.7 Å². The molecule has 0 radical (unpaired) electrons. The van der Waals surface area contributed by atoms with Gasteiger partial charge in [0.1, 0.15) is 6.04 Å². The number of hydrogen-bond donors (Lipinski definition) is 2. The molecule has 5 heteroatoms. The fraction of sp³-hybridized carbons (Fsp3) is 0.154. The predicted molar refractivity (Wildman–Crippen MR) is 68.2 cm³/mol. The van der Waals surface area contributed by atoms with Crippen molar-refractivity contribution in [2.24, 2.45) is 0 Å². The molecule has 0 spiro atoms. The zero-order valence-electron chi connectivity index (χ0n) is 9.87. The maximum absolute atomic E-state index is 10.7. The summed E-state index contributed by atoms with van der Waals surface area (Å²) >= 11 is 0. The van der Waals surface area contributed by atoms with Crippen LogP contribution in [0.1, 0.15) is 6.92 Å². The van der Waals surface area contributed by atoms with Crippen LogP contribution < -0.4 is 5.32 Å². The van der Waals surface area contributed by atoms with Gasteiger partial charge in [-0.3, -0.25) is 4.79 Å². The van der Waals surface area contributed by atoms with Gasteiger partial charge >= 0.3 is 5.97 Å². The molecule has 1 atom stereocenters. The molecular formula is C13H13N3O2. The normalized spacial score (nSPS) is 11.8. The summed E-state index contributed by atoms with van der Waals surface area (Å²) in [7, 11) is 0. The minimum absolute atomic E-state index is 0.310. The molecule has 0 aliphatic carbocycles. The first kappa shape index (κ1) is 12.0. The Hall–Kier alpha value is -2.43. The third-order valence-corrected chi connectivity index (χ3v) is 2.47. The van der Waals surface area contributed by atoms with E-state index in [1.165, 1.54) is 6.92 Å². The largest absolute Gasteiger partial charge is 0.480 e. The number of nitrogens with zero attached hydrogens (tertiary/aromatic N) is 2. The van der Waals surface area contributed by atoms with Crippen LogP contribution in [0.5, 0.6) is 0 Å². The molecule has 1 unspecified atom stereocenters. The van der Waals surface area contributed by atoms with Crippen molar-refractivity contribution >= 4 is 11.9 Å². The van der Waals surface area contributed by atoms with E-state index in [-0.39, 0.29) is 0 Å². The Morgan fingerprint density at radius 3 is 2.33 bits per heavy atom. The highest BCUT2D eigenvalue weighted by Gasteiger charge is 2.11. The minimum Gasteiger partial charge on any atom is -0.480 e. The second-order valence-electron chi connectivity index (χ2n) is 3.87. The van der Waals surface area contributed by atoms with Gasteiger partial charge in [0.15, 0.2) is 0 Å². The molecular weight excluding hydrogens is 230 g/mol. The Bertz CT molecular complexity index is 526. The maximum Gasteiger partial charge on any atom is 0.325 e. The van der Waals surface area contributed by atoms with Crippen molar-refractivity contribution in [1.82, 2.24) is 9.97 Å². The van der Waals surface area contributed by atoms with Crippen molar-refractivity contribution in [1.29, 1.82) is 0 Å². The Morgan fingerprint density at radius 2 is 1.78 bits per heavy atom. The molecule has 1 heterocycles. The van der Waals surface area contributed by atoms with Gasteiger partial charge in [-0.2, -0.15) is 0 Å². The molecule has 0 amide bonds. The predicted octanol–water partition coefficient (Wildman–Crippen LogP) is 2.03. The quantitative estimate of drug-likeness (QED) is 0.859. The van der Waals surface area contributed by atoms with Crippen molar-refractivity contribution in [2.75, 3.05) is 5.32 Å². The van der Waals surface area contributed by atoms with Gasteiger partial charge in [0.2, 0.25) is 5.95 Å². The second-order valence-corrected chi connectivity index (χ2v) is 3.87. The summed E-state index contributed by atoms with van der Waals surface area (Å²) in [4.78, 5) is 18.9. The lowest BCUT2D eigenvalue weighted by atomic mass is 10.1. The summed E-state index contributed by atoms with van der Waals surface area (Å²) in [5, 5.41) is 11.5. The smallest absolute Gasteiger partial charge is 0.325 e. The molecule has 92 valence electrons.